The van der Waals surface area contributed by atoms with Crippen LogP contribution in [-0.2, 0) is 14.3 Å². The SMILES string of the molecule is CC(C)=CCC/C(C)=C\CN1C[C@]23C=C[C@H](O2)[C@H](C(=O)[O-])[C@@H]3C1=O. The Morgan fingerprint density at radius 3 is 2.83 bits per heavy atom. The van der Waals surface area contributed by atoms with Crippen LogP contribution in [0.25, 0.3) is 0 Å². The summed E-state index contributed by atoms with van der Waals surface area (Å²) < 4.78 is 5.83. The molecule has 2 bridgehead atoms. The van der Waals surface area contributed by atoms with Crippen molar-refractivity contribution in [2.24, 2.45) is 11.8 Å². The summed E-state index contributed by atoms with van der Waals surface area (Å²) in [6.45, 7) is 7.14. The summed E-state index contributed by atoms with van der Waals surface area (Å²) in [6.07, 6.45) is 9.31. The van der Waals surface area contributed by atoms with Crippen LogP contribution in [0, 0.1) is 11.8 Å². The molecule has 0 N–H and O–H groups in total. The predicted octanol–water partition coefficient (Wildman–Crippen LogP) is 1.21. The quantitative estimate of drug-likeness (QED) is 0.687. The van der Waals surface area contributed by atoms with Crippen LogP contribution >= 0.6 is 0 Å². The minimum atomic E-state index is -1.19. The number of aliphatic carboxylic acids is 1. The third-order valence-corrected chi connectivity index (χ3v) is 5.20. The first-order chi connectivity index (χ1) is 11.3. The first-order valence-electron chi connectivity index (χ1n) is 8.50. The van der Waals surface area contributed by atoms with Crippen LogP contribution in [0.1, 0.15) is 33.6 Å². The van der Waals surface area contributed by atoms with Gasteiger partial charge in [0.15, 0.2) is 0 Å². The molecule has 0 radical (unpaired) electrons. The maximum absolute atomic E-state index is 12.7. The summed E-state index contributed by atoms with van der Waals surface area (Å²) in [5.74, 6) is -2.84. The van der Waals surface area contributed by atoms with Crippen molar-refractivity contribution in [2.75, 3.05) is 13.1 Å². The number of likely N-dealkylation sites (tertiary alicyclic amines) is 1. The van der Waals surface area contributed by atoms with E-state index in [1.807, 2.05) is 6.08 Å². The van der Waals surface area contributed by atoms with Gasteiger partial charge in [-0.25, -0.2) is 0 Å². The highest BCUT2D eigenvalue weighted by molar-refractivity contribution is 5.90. The largest absolute Gasteiger partial charge is 0.550 e. The van der Waals surface area contributed by atoms with Crippen LogP contribution in [0.4, 0.5) is 0 Å². The van der Waals surface area contributed by atoms with Crippen LogP contribution < -0.4 is 5.11 Å². The zero-order chi connectivity index (χ0) is 17.5. The lowest BCUT2D eigenvalue weighted by molar-refractivity contribution is -0.313. The van der Waals surface area contributed by atoms with Crippen molar-refractivity contribution in [3.05, 3.63) is 35.5 Å². The van der Waals surface area contributed by atoms with Crippen molar-refractivity contribution in [3.63, 3.8) is 0 Å². The highest BCUT2D eigenvalue weighted by atomic mass is 16.5. The molecule has 4 atom stereocenters. The van der Waals surface area contributed by atoms with Gasteiger partial charge in [-0.3, -0.25) is 4.79 Å². The van der Waals surface area contributed by atoms with E-state index in [9.17, 15) is 14.7 Å². The number of hydrogen-bond donors (Lipinski definition) is 0. The summed E-state index contributed by atoms with van der Waals surface area (Å²) in [7, 11) is 0. The van der Waals surface area contributed by atoms with E-state index in [0.29, 0.717) is 13.1 Å². The molecule has 24 heavy (non-hydrogen) atoms. The zero-order valence-corrected chi connectivity index (χ0v) is 14.5. The molecule has 0 aromatic heterocycles. The number of nitrogens with zero attached hydrogens (tertiary/aromatic N) is 1. The van der Waals surface area contributed by atoms with Crippen LogP contribution in [0.2, 0.25) is 0 Å². The van der Waals surface area contributed by atoms with Crippen molar-refractivity contribution in [1.29, 1.82) is 0 Å². The van der Waals surface area contributed by atoms with E-state index in [4.69, 9.17) is 4.74 Å². The molecule has 5 nitrogen and oxygen atoms in total. The smallest absolute Gasteiger partial charge is 0.230 e. The fourth-order valence-corrected chi connectivity index (χ4v) is 3.96. The summed E-state index contributed by atoms with van der Waals surface area (Å²) >= 11 is 0. The molecule has 0 aliphatic carbocycles. The Kier molecular flexibility index (Phi) is 4.38. The maximum Gasteiger partial charge on any atom is 0.230 e. The molecule has 3 aliphatic rings. The van der Waals surface area contributed by atoms with Gasteiger partial charge in [0.1, 0.15) is 5.60 Å². The van der Waals surface area contributed by atoms with Crippen molar-refractivity contribution in [1.82, 2.24) is 4.90 Å². The summed E-state index contributed by atoms with van der Waals surface area (Å²) in [4.78, 5) is 25.8. The Bertz CT molecular complexity index is 644. The maximum atomic E-state index is 12.7. The molecule has 3 aliphatic heterocycles. The molecule has 2 saturated heterocycles. The lowest BCUT2D eigenvalue weighted by atomic mass is 9.77. The number of carbonyl (C=O) groups excluding carboxylic acids is 2. The van der Waals surface area contributed by atoms with Gasteiger partial charge in [0.25, 0.3) is 0 Å². The fourth-order valence-electron chi connectivity index (χ4n) is 3.96. The first-order valence-corrected chi connectivity index (χ1v) is 8.50. The minimum Gasteiger partial charge on any atom is -0.550 e. The molecule has 5 heteroatoms. The molecule has 3 rings (SSSR count). The van der Waals surface area contributed by atoms with Gasteiger partial charge in [-0.1, -0.05) is 35.5 Å². The Morgan fingerprint density at radius 2 is 2.17 bits per heavy atom. The van der Waals surface area contributed by atoms with Gasteiger partial charge in [-0.15, -0.1) is 0 Å². The Morgan fingerprint density at radius 1 is 1.42 bits per heavy atom. The summed E-state index contributed by atoms with van der Waals surface area (Å²) in [6, 6.07) is 0. The number of allylic oxidation sites excluding steroid dienone is 3. The van der Waals surface area contributed by atoms with Crippen molar-refractivity contribution in [3.8, 4) is 0 Å². The van der Waals surface area contributed by atoms with Crippen molar-refractivity contribution >= 4 is 11.9 Å². The molecule has 2 fully saturated rings. The normalized spacial score (nSPS) is 34.0. The predicted molar refractivity (Wildman–Crippen MR) is 87.7 cm³/mol. The molecular weight excluding hydrogens is 306 g/mol. The topological polar surface area (TPSA) is 69.7 Å². The average Bonchev–Trinajstić information content (AvgIpc) is 3.13. The van der Waals surface area contributed by atoms with Crippen LogP contribution in [0.3, 0.4) is 0 Å². The summed E-state index contributed by atoms with van der Waals surface area (Å²) in [5.41, 5.74) is 1.76. The molecule has 130 valence electrons. The number of amides is 1. The van der Waals surface area contributed by atoms with Gasteiger partial charge in [0, 0.05) is 18.4 Å². The lowest BCUT2D eigenvalue weighted by Gasteiger charge is -2.24. The van der Waals surface area contributed by atoms with E-state index in [1.54, 1.807) is 11.0 Å². The minimum absolute atomic E-state index is 0.135. The average molecular weight is 330 g/mol. The molecule has 1 amide bonds. The summed E-state index contributed by atoms with van der Waals surface area (Å²) in [5, 5.41) is 11.4. The zero-order valence-electron chi connectivity index (χ0n) is 14.5. The van der Waals surface area contributed by atoms with Gasteiger partial charge >= 0.3 is 0 Å². The highest BCUT2D eigenvalue weighted by Gasteiger charge is 2.65. The van der Waals surface area contributed by atoms with Gasteiger partial charge in [0.2, 0.25) is 5.91 Å². The van der Waals surface area contributed by atoms with Gasteiger partial charge < -0.3 is 19.5 Å². The molecular formula is C19H24NO4-. The van der Waals surface area contributed by atoms with Crippen molar-refractivity contribution < 1.29 is 19.4 Å². The van der Waals surface area contributed by atoms with Crippen molar-refractivity contribution in [2.45, 2.75) is 45.3 Å². The molecule has 0 aromatic rings. The van der Waals surface area contributed by atoms with Gasteiger partial charge in [-0.2, -0.15) is 0 Å². The Labute approximate surface area is 142 Å². The second-order valence-electron chi connectivity index (χ2n) is 7.31. The number of rotatable bonds is 6. The fraction of sp³-hybridized carbons (Fsp3) is 0.579. The molecule has 0 saturated carbocycles. The van der Waals surface area contributed by atoms with E-state index in [2.05, 4.69) is 32.9 Å². The van der Waals surface area contributed by atoms with Gasteiger partial charge in [-0.05, 0) is 33.6 Å². The third-order valence-electron chi connectivity index (χ3n) is 5.20. The van der Waals surface area contributed by atoms with Crippen LogP contribution in [0.5, 0.6) is 0 Å². The number of carboxylic acid groups (broad SMARTS) is 1. The van der Waals surface area contributed by atoms with Gasteiger partial charge in [0.05, 0.1) is 18.6 Å². The third kappa shape index (κ3) is 2.81. The lowest BCUT2D eigenvalue weighted by Crippen LogP contribution is -2.45. The van der Waals surface area contributed by atoms with E-state index in [1.165, 1.54) is 11.1 Å². The number of ether oxygens (including phenoxy) is 1. The number of hydrogen-bond acceptors (Lipinski definition) is 4. The standard InChI is InChI=1S/C19H25NO4/c1-12(2)5-4-6-13(3)8-10-20-11-19-9-7-14(24-19)15(18(22)23)16(19)17(20)21/h5,7-9,14-16H,4,6,10-11H2,1-3H3,(H,22,23)/p-1/b13-8-/t14-,15-,16+,19-/m0/s1. The van der Waals surface area contributed by atoms with E-state index in [0.717, 1.165) is 12.8 Å². The molecule has 1 spiro atoms. The van der Waals surface area contributed by atoms with E-state index < -0.39 is 29.5 Å². The number of carboxylic acids is 1. The highest BCUT2D eigenvalue weighted by Crippen LogP contribution is 2.51. The van der Waals surface area contributed by atoms with Crippen LogP contribution in [0.15, 0.2) is 35.5 Å². The second kappa shape index (κ2) is 6.20. The first kappa shape index (κ1) is 17.0. The Hall–Kier alpha value is -1.88. The molecule has 0 aromatic carbocycles. The monoisotopic (exact) mass is 330 g/mol. The Balaban J connectivity index is 1.66. The van der Waals surface area contributed by atoms with Crippen LogP contribution in [-0.4, -0.2) is 41.6 Å². The van der Waals surface area contributed by atoms with E-state index in [-0.39, 0.29) is 5.91 Å². The number of fused-ring (bicyclic) bond motifs is 1. The number of carbonyl (C=O) groups is 2. The molecule has 0 unspecified atom stereocenters. The van der Waals surface area contributed by atoms with E-state index >= 15 is 0 Å². The second-order valence-corrected chi connectivity index (χ2v) is 7.31. The molecule has 3 heterocycles.